The number of fused-ring (bicyclic) bond motifs is 1. The molecule has 0 aliphatic carbocycles. The van der Waals surface area contributed by atoms with E-state index in [-0.39, 0.29) is 11.2 Å². The molecule has 1 aliphatic heterocycles. The molecule has 1 aliphatic rings. The Kier molecular flexibility index (Phi) is 4.41. The normalized spacial score (nSPS) is 16.9. The van der Waals surface area contributed by atoms with Crippen molar-refractivity contribution in [1.29, 1.82) is 0 Å². The van der Waals surface area contributed by atoms with E-state index >= 15 is 0 Å². The third-order valence-corrected chi connectivity index (χ3v) is 4.56. The number of para-hydroxylation sites is 1. The SMILES string of the molecule is C[C@@H](Sc1ccc2ccccc2n1)C(=O)N1CCOCC1. The predicted molar refractivity (Wildman–Crippen MR) is 84.5 cm³/mol. The Morgan fingerprint density at radius 2 is 2.00 bits per heavy atom. The minimum Gasteiger partial charge on any atom is -0.378 e. The van der Waals surface area contributed by atoms with Crippen LogP contribution in [0.5, 0.6) is 0 Å². The summed E-state index contributed by atoms with van der Waals surface area (Å²) in [6, 6.07) is 12.0. The van der Waals surface area contributed by atoms with Crippen LogP contribution in [-0.2, 0) is 9.53 Å². The number of hydrogen-bond acceptors (Lipinski definition) is 4. The molecule has 0 spiro atoms. The van der Waals surface area contributed by atoms with Gasteiger partial charge in [0.2, 0.25) is 5.91 Å². The first kappa shape index (κ1) is 14.4. The molecular weight excluding hydrogens is 284 g/mol. The quantitative estimate of drug-likeness (QED) is 0.817. The molecule has 4 nitrogen and oxygen atoms in total. The van der Waals surface area contributed by atoms with E-state index in [2.05, 4.69) is 11.1 Å². The zero-order chi connectivity index (χ0) is 14.7. The molecule has 1 aromatic heterocycles. The van der Waals surface area contributed by atoms with Gasteiger partial charge in [0.1, 0.15) is 0 Å². The smallest absolute Gasteiger partial charge is 0.235 e. The lowest BCUT2D eigenvalue weighted by molar-refractivity contribution is -0.134. The highest BCUT2D eigenvalue weighted by molar-refractivity contribution is 8.00. The monoisotopic (exact) mass is 302 g/mol. The molecule has 0 unspecified atom stereocenters. The van der Waals surface area contributed by atoms with Crippen molar-refractivity contribution in [2.24, 2.45) is 0 Å². The van der Waals surface area contributed by atoms with Crippen molar-refractivity contribution in [3.05, 3.63) is 36.4 Å². The van der Waals surface area contributed by atoms with Crippen LogP contribution in [0.3, 0.4) is 0 Å². The van der Waals surface area contributed by atoms with Gasteiger partial charge in [-0.15, -0.1) is 0 Å². The number of hydrogen-bond donors (Lipinski definition) is 0. The number of ether oxygens (including phenoxy) is 1. The summed E-state index contributed by atoms with van der Waals surface area (Å²) in [7, 11) is 0. The summed E-state index contributed by atoms with van der Waals surface area (Å²) < 4.78 is 5.28. The lowest BCUT2D eigenvalue weighted by Gasteiger charge is -2.28. The van der Waals surface area contributed by atoms with E-state index in [0.29, 0.717) is 26.3 Å². The summed E-state index contributed by atoms with van der Waals surface area (Å²) in [4.78, 5) is 18.9. The fourth-order valence-corrected chi connectivity index (χ4v) is 3.30. The highest BCUT2D eigenvalue weighted by Crippen LogP contribution is 2.25. The topological polar surface area (TPSA) is 42.4 Å². The first-order chi connectivity index (χ1) is 10.2. The molecular formula is C16H18N2O2S. The molecule has 0 N–H and O–H groups in total. The summed E-state index contributed by atoms with van der Waals surface area (Å²) in [6.07, 6.45) is 0. The molecule has 1 amide bonds. The number of morpholine rings is 1. The number of thioether (sulfide) groups is 1. The zero-order valence-electron chi connectivity index (χ0n) is 12.0. The second kappa shape index (κ2) is 6.45. The van der Waals surface area contributed by atoms with Crippen LogP contribution < -0.4 is 0 Å². The molecule has 1 fully saturated rings. The first-order valence-corrected chi connectivity index (χ1v) is 8.01. The summed E-state index contributed by atoms with van der Waals surface area (Å²) in [6.45, 7) is 4.60. The second-order valence-electron chi connectivity index (χ2n) is 5.04. The molecule has 1 atom stereocenters. The van der Waals surface area contributed by atoms with Gasteiger partial charge in [-0.1, -0.05) is 36.0 Å². The third-order valence-electron chi connectivity index (χ3n) is 3.54. The molecule has 1 aromatic carbocycles. The van der Waals surface area contributed by atoms with Crippen LogP contribution in [0, 0.1) is 0 Å². The van der Waals surface area contributed by atoms with Crippen molar-refractivity contribution in [1.82, 2.24) is 9.88 Å². The Bertz CT molecular complexity index is 641. The van der Waals surface area contributed by atoms with Gasteiger partial charge in [0.25, 0.3) is 0 Å². The standard InChI is InChI=1S/C16H18N2O2S/c1-12(16(19)18-8-10-20-11-9-18)21-15-7-6-13-4-2-3-5-14(13)17-15/h2-7,12H,8-11H2,1H3/t12-/m1/s1. The van der Waals surface area contributed by atoms with Gasteiger partial charge in [-0.25, -0.2) is 4.98 Å². The number of nitrogens with zero attached hydrogens (tertiary/aromatic N) is 2. The van der Waals surface area contributed by atoms with Crippen LogP contribution in [0.25, 0.3) is 10.9 Å². The Hall–Kier alpha value is -1.59. The van der Waals surface area contributed by atoms with Crippen LogP contribution in [0.4, 0.5) is 0 Å². The van der Waals surface area contributed by atoms with E-state index in [4.69, 9.17) is 4.74 Å². The number of benzene rings is 1. The number of amides is 1. The molecule has 0 radical (unpaired) electrons. The number of carbonyl (C=O) groups is 1. The largest absolute Gasteiger partial charge is 0.378 e. The minimum atomic E-state index is -0.128. The fourth-order valence-electron chi connectivity index (χ4n) is 2.39. The van der Waals surface area contributed by atoms with Gasteiger partial charge >= 0.3 is 0 Å². The summed E-state index contributed by atoms with van der Waals surface area (Å²) >= 11 is 1.52. The highest BCUT2D eigenvalue weighted by Gasteiger charge is 2.23. The van der Waals surface area contributed by atoms with Crippen molar-refractivity contribution in [2.75, 3.05) is 26.3 Å². The molecule has 3 rings (SSSR count). The van der Waals surface area contributed by atoms with Gasteiger partial charge in [0.05, 0.1) is 29.0 Å². The Morgan fingerprint density at radius 3 is 2.81 bits per heavy atom. The Balaban J connectivity index is 1.70. The molecule has 5 heteroatoms. The summed E-state index contributed by atoms with van der Waals surface area (Å²) in [5.41, 5.74) is 0.966. The zero-order valence-corrected chi connectivity index (χ0v) is 12.8. The summed E-state index contributed by atoms with van der Waals surface area (Å²) in [5, 5.41) is 1.88. The fraction of sp³-hybridized carbons (Fsp3) is 0.375. The lowest BCUT2D eigenvalue weighted by atomic mass is 10.2. The second-order valence-corrected chi connectivity index (χ2v) is 6.40. The van der Waals surface area contributed by atoms with Crippen LogP contribution in [-0.4, -0.2) is 47.3 Å². The van der Waals surface area contributed by atoms with Crippen LogP contribution >= 0.6 is 11.8 Å². The average Bonchev–Trinajstić information content (AvgIpc) is 2.55. The molecule has 2 aromatic rings. The van der Waals surface area contributed by atoms with E-state index < -0.39 is 0 Å². The molecule has 2 heterocycles. The van der Waals surface area contributed by atoms with Crippen molar-refractivity contribution >= 4 is 28.6 Å². The highest BCUT2D eigenvalue weighted by atomic mass is 32.2. The van der Waals surface area contributed by atoms with Gasteiger partial charge in [0.15, 0.2) is 0 Å². The van der Waals surface area contributed by atoms with E-state index in [0.717, 1.165) is 15.9 Å². The van der Waals surface area contributed by atoms with Gasteiger partial charge in [-0.3, -0.25) is 4.79 Å². The maximum Gasteiger partial charge on any atom is 0.235 e. The Labute approximate surface area is 128 Å². The van der Waals surface area contributed by atoms with E-state index in [1.807, 2.05) is 42.2 Å². The van der Waals surface area contributed by atoms with Crippen LogP contribution in [0.1, 0.15) is 6.92 Å². The van der Waals surface area contributed by atoms with Gasteiger partial charge < -0.3 is 9.64 Å². The van der Waals surface area contributed by atoms with Crippen molar-refractivity contribution in [2.45, 2.75) is 17.2 Å². The van der Waals surface area contributed by atoms with E-state index in [1.165, 1.54) is 11.8 Å². The first-order valence-electron chi connectivity index (χ1n) is 7.13. The molecule has 0 saturated carbocycles. The van der Waals surface area contributed by atoms with Crippen LogP contribution in [0.2, 0.25) is 0 Å². The predicted octanol–water partition coefficient (Wildman–Crippen LogP) is 2.57. The molecule has 110 valence electrons. The molecule has 0 bridgehead atoms. The number of pyridine rings is 1. The maximum atomic E-state index is 12.4. The average molecular weight is 302 g/mol. The van der Waals surface area contributed by atoms with Crippen molar-refractivity contribution in [3.63, 3.8) is 0 Å². The van der Waals surface area contributed by atoms with Gasteiger partial charge in [-0.2, -0.15) is 0 Å². The van der Waals surface area contributed by atoms with Crippen LogP contribution in [0.15, 0.2) is 41.4 Å². The summed E-state index contributed by atoms with van der Waals surface area (Å²) in [5.74, 6) is 0.165. The molecule has 1 saturated heterocycles. The van der Waals surface area contributed by atoms with E-state index in [9.17, 15) is 4.79 Å². The minimum absolute atomic E-state index is 0.128. The lowest BCUT2D eigenvalue weighted by Crippen LogP contribution is -2.44. The van der Waals surface area contributed by atoms with E-state index in [1.54, 1.807) is 0 Å². The number of rotatable bonds is 3. The third kappa shape index (κ3) is 3.36. The number of carbonyl (C=O) groups excluding carboxylic acids is 1. The maximum absolute atomic E-state index is 12.4. The van der Waals surface area contributed by atoms with Crippen molar-refractivity contribution < 1.29 is 9.53 Å². The van der Waals surface area contributed by atoms with Gasteiger partial charge in [-0.05, 0) is 19.1 Å². The Morgan fingerprint density at radius 1 is 1.24 bits per heavy atom. The molecule has 21 heavy (non-hydrogen) atoms. The van der Waals surface area contributed by atoms with Gasteiger partial charge in [0, 0.05) is 18.5 Å². The van der Waals surface area contributed by atoms with Crippen molar-refractivity contribution in [3.8, 4) is 0 Å². The number of aromatic nitrogens is 1.